The highest BCUT2D eigenvalue weighted by Crippen LogP contribution is 2.20. The molecule has 1 aromatic carbocycles. The van der Waals surface area contributed by atoms with Crippen molar-refractivity contribution in [3.63, 3.8) is 0 Å². The van der Waals surface area contributed by atoms with Crippen LogP contribution in [-0.4, -0.2) is 34.9 Å². The summed E-state index contributed by atoms with van der Waals surface area (Å²) in [6.45, 7) is 1.84. The number of aromatic nitrogens is 2. The van der Waals surface area contributed by atoms with E-state index >= 15 is 0 Å². The van der Waals surface area contributed by atoms with Crippen LogP contribution in [0.1, 0.15) is 28.8 Å². The van der Waals surface area contributed by atoms with Gasteiger partial charge in [-0.3, -0.25) is 9.59 Å². The van der Waals surface area contributed by atoms with Crippen LogP contribution in [0.3, 0.4) is 0 Å². The lowest BCUT2D eigenvalue weighted by molar-refractivity contribution is -0.125. The minimum Gasteiger partial charge on any atom is -0.366 e. The Labute approximate surface area is 146 Å². The van der Waals surface area contributed by atoms with E-state index in [1.807, 2.05) is 11.0 Å². The molecule has 2 heterocycles. The number of rotatable bonds is 5. The van der Waals surface area contributed by atoms with Crippen LogP contribution < -0.4 is 16.0 Å². The lowest BCUT2D eigenvalue weighted by atomic mass is 9.97. The summed E-state index contributed by atoms with van der Waals surface area (Å²) in [5.41, 5.74) is 6.57. The van der Waals surface area contributed by atoms with Crippen molar-refractivity contribution in [2.24, 2.45) is 11.7 Å². The molecular weight excluding hydrogens is 318 g/mol. The third kappa shape index (κ3) is 4.32. The lowest BCUT2D eigenvalue weighted by Gasteiger charge is -2.31. The van der Waals surface area contributed by atoms with Crippen molar-refractivity contribution in [2.75, 3.05) is 18.0 Å². The number of nitrogens with two attached hydrogens (primary N) is 1. The van der Waals surface area contributed by atoms with Crippen molar-refractivity contribution in [3.8, 4) is 0 Å². The fraction of sp³-hybridized carbons (Fsp3) is 0.333. The van der Waals surface area contributed by atoms with Crippen molar-refractivity contribution in [3.05, 3.63) is 53.9 Å². The Hall–Kier alpha value is -2.96. The van der Waals surface area contributed by atoms with Gasteiger partial charge in [0.25, 0.3) is 0 Å². The average Bonchev–Trinajstić information content (AvgIpc) is 2.67. The van der Waals surface area contributed by atoms with E-state index in [0.717, 1.165) is 24.9 Å². The van der Waals surface area contributed by atoms with Gasteiger partial charge >= 0.3 is 0 Å². The topological polar surface area (TPSA) is 101 Å². The van der Waals surface area contributed by atoms with Gasteiger partial charge in [-0.2, -0.15) is 0 Å². The minimum absolute atomic E-state index is 0.00473. The first-order chi connectivity index (χ1) is 12.1. The molecule has 25 heavy (non-hydrogen) atoms. The van der Waals surface area contributed by atoms with E-state index in [4.69, 9.17) is 5.73 Å². The van der Waals surface area contributed by atoms with Crippen LogP contribution in [-0.2, 0) is 11.3 Å². The summed E-state index contributed by atoms with van der Waals surface area (Å²) in [7, 11) is 0. The highest BCUT2D eigenvalue weighted by molar-refractivity contribution is 5.92. The number of carbonyl (C=O) groups is 2. The molecule has 7 heteroatoms. The Morgan fingerprint density at radius 3 is 2.80 bits per heavy atom. The number of hydrogen-bond acceptors (Lipinski definition) is 5. The van der Waals surface area contributed by atoms with Crippen LogP contribution in [0.5, 0.6) is 0 Å². The summed E-state index contributed by atoms with van der Waals surface area (Å²) in [5.74, 6) is 0.0927. The fourth-order valence-electron chi connectivity index (χ4n) is 3.00. The largest absolute Gasteiger partial charge is 0.366 e. The van der Waals surface area contributed by atoms with E-state index in [9.17, 15) is 9.59 Å². The predicted octanol–water partition coefficient (Wildman–Crippen LogP) is 1.11. The molecule has 3 N–H and O–H groups in total. The van der Waals surface area contributed by atoms with Crippen LogP contribution in [0.2, 0.25) is 0 Å². The second-order valence-electron chi connectivity index (χ2n) is 6.12. The fourth-order valence-corrected chi connectivity index (χ4v) is 3.00. The van der Waals surface area contributed by atoms with Gasteiger partial charge in [0.1, 0.15) is 0 Å². The summed E-state index contributed by atoms with van der Waals surface area (Å²) >= 11 is 0. The quantitative estimate of drug-likeness (QED) is 0.850. The third-order valence-electron chi connectivity index (χ3n) is 4.31. The monoisotopic (exact) mass is 339 g/mol. The van der Waals surface area contributed by atoms with Gasteiger partial charge in [-0.15, -0.1) is 0 Å². The number of benzene rings is 1. The van der Waals surface area contributed by atoms with E-state index in [1.54, 1.807) is 36.7 Å². The zero-order valence-corrected chi connectivity index (χ0v) is 13.9. The molecule has 7 nitrogen and oxygen atoms in total. The lowest BCUT2D eigenvalue weighted by Crippen LogP contribution is -2.43. The van der Waals surface area contributed by atoms with Crippen LogP contribution in [0.25, 0.3) is 0 Å². The van der Waals surface area contributed by atoms with E-state index in [-0.39, 0.29) is 11.8 Å². The van der Waals surface area contributed by atoms with Crippen LogP contribution in [0.15, 0.2) is 42.7 Å². The molecule has 1 aliphatic heterocycles. The zero-order chi connectivity index (χ0) is 17.6. The van der Waals surface area contributed by atoms with Gasteiger partial charge in [-0.25, -0.2) is 9.97 Å². The molecule has 1 unspecified atom stereocenters. The molecule has 1 saturated heterocycles. The van der Waals surface area contributed by atoms with E-state index in [0.29, 0.717) is 24.6 Å². The summed E-state index contributed by atoms with van der Waals surface area (Å²) in [5, 5.41) is 2.95. The van der Waals surface area contributed by atoms with E-state index < -0.39 is 5.91 Å². The maximum Gasteiger partial charge on any atom is 0.248 e. The summed E-state index contributed by atoms with van der Waals surface area (Å²) in [4.78, 5) is 34.3. The van der Waals surface area contributed by atoms with Crippen LogP contribution >= 0.6 is 0 Å². The number of piperidine rings is 1. The standard InChI is InChI=1S/C18H21N5O2/c19-16(24)14-5-1-4-13(10-14)11-22-17(25)15-6-2-9-23(12-15)18-20-7-3-8-21-18/h1,3-5,7-8,10,15H,2,6,9,11-12H2,(H2,19,24)(H,22,25). The number of primary amides is 1. The highest BCUT2D eigenvalue weighted by atomic mass is 16.2. The second-order valence-corrected chi connectivity index (χ2v) is 6.12. The van der Waals surface area contributed by atoms with Gasteiger partial charge in [0.05, 0.1) is 5.92 Å². The first kappa shape index (κ1) is 16.9. The Morgan fingerprint density at radius 1 is 1.24 bits per heavy atom. The molecule has 0 bridgehead atoms. The molecule has 1 fully saturated rings. The highest BCUT2D eigenvalue weighted by Gasteiger charge is 2.26. The van der Waals surface area contributed by atoms with Gasteiger partial charge in [-0.1, -0.05) is 12.1 Å². The molecule has 0 spiro atoms. The smallest absolute Gasteiger partial charge is 0.248 e. The molecule has 2 amide bonds. The molecule has 1 aliphatic rings. The van der Waals surface area contributed by atoms with Crippen LogP contribution in [0.4, 0.5) is 5.95 Å². The number of hydrogen-bond donors (Lipinski definition) is 2. The van der Waals surface area contributed by atoms with Gasteiger partial charge in [0, 0.05) is 37.6 Å². The van der Waals surface area contributed by atoms with Crippen molar-refractivity contribution < 1.29 is 9.59 Å². The van der Waals surface area contributed by atoms with Crippen molar-refractivity contribution in [1.29, 1.82) is 0 Å². The number of amides is 2. The Kier molecular flexibility index (Phi) is 5.23. The number of anilines is 1. The van der Waals surface area contributed by atoms with Gasteiger partial charge in [0.15, 0.2) is 0 Å². The number of nitrogens with zero attached hydrogens (tertiary/aromatic N) is 3. The minimum atomic E-state index is -0.473. The average molecular weight is 339 g/mol. The maximum absolute atomic E-state index is 12.5. The molecule has 2 aromatic rings. The number of carbonyl (C=O) groups excluding carboxylic acids is 2. The van der Waals surface area contributed by atoms with Gasteiger partial charge in [0.2, 0.25) is 17.8 Å². The van der Waals surface area contributed by atoms with Crippen molar-refractivity contribution in [1.82, 2.24) is 15.3 Å². The zero-order valence-electron chi connectivity index (χ0n) is 13.9. The predicted molar refractivity (Wildman–Crippen MR) is 93.8 cm³/mol. The summed E-state index contributed by atoms with van der Waals surface area (Å²) < 4.78 is 0. The Balaban J connectivity index is 1.58. The molecular formula is C18H21N5O2. The van der Waals surface area contributed by atoms with E-state index in [2.05, 4.69) is 15.3 Å². The molecule has 0 radical (unpaired) electrons. The second kappa shape index (κ2) is 7.74. The van der Waals surface area contributed by atoms with E-state index in [1.165, 1.54) is 0 Å². The number of nitrogens with one attached hydrogen (secondary N) is 1. The maximum atomic E-state index is 12.5. The third-order valence-corrected chi connectivity index (χ3v) is 4.31. The molecule has 1 atom stereocenters. The Bertz CT molecular complexity index is 750. The summed E-state index contributed by atoms with van der Waals surface area (Å²) in [6.07, 6.45) is 5.18. The molecule has 3 rings (SSSR count). The SMILES string of the molecule is NC(=O)c1cccc(CNC(=O)C2CCCN(c3ncccn3)C2)c1. The van der Waals surface area contributed by atoms with Gasteiger partial charge in [-0.05, 0) is 36.6 Å². The van der Waals surface area contributed by atoms with Crippen LogP contribution in [0, 0.1) is 5.92 Å². The van der Waals surface area contributed by atoms with Gasteiger partial charge < -0.3 is 16.0 Å². The molecule has 0 saturated carbocycles. The molecule has 1 aromatic heterocycles. The Morgan fingerprint density at radius 2 is 2.04 bits per heavy atom. The molecule has 0 aliphatic carbocycles. The first-order valence-corrected chi connectivity index (χ1v) is 8.32. The van der Waals surface area contributed by atoms with Crippen molar-refractivity contribution >= 4 is 17.8 Å². The van der Waals surface area contributed by atoms with Crippen molar-refractivity contribution in [2.45, 2.75) is 19.4 Å². The first-order valence-electron chi connectivity index (χ1n) is 8.32. The molecule has 130 valence electrons. The normalized spacial score (nSPS) is 17.1. The summed E-state index contributed by atoms with van der Waals surface area (Å²) in [6, 6.07) is 8.76.